The molecule has 1 aromatic heterocycles. The number of anilines is 1. The molecule has 33 heavy (non-hydrogen) atoms. The van der Waals surface area contributed by atoms with E-state index in [9.17, 15) is 24.6 Å². The number of carboxylic acids is 1. The van der Waals surface area contributed by atoms with Crippen molar-refractivity contribution in [1.29, 1.82) is 0 Å². The van der Waals surface area contributed by atoms with Gasteiger partial charge in [0.25, 0.3) is 5.56 Å². The standard InChI is InChI=1S/C22H20N4O6S/c1-3-32-17-6-4-16(5-7-17)26-20(29)18(19(28)25-22(26)33)11-23-14-8-13(21(30)31)9-15(10-14)24-12(2)27/h4-11,29H,3H2,1-2H3,(H,24,27)(H,30,31)(H,25,28,33)/p-1. The topological polar surface area (TPSA) is 149 Å². The molecule has 0 saturated carbocycles. The molecule has 2 aromatic carbocycles. The van der Waals surface area contributed by atoms with E-state index in [4.69, 9.17) is 17.0 Å². The van der Waals surface area contributed by atoms with Gasteiger partial charge in [-0.3, -0.25) is 24.1 Å². The zero-order valence-electron chi connectivity index (χ0n) is 17.6. The van der Waals surface area contributed by atoms with Crippen LogP contribution in [0.2, 0.25) is 0 Å². The maximum atomic E-state index is 12.4. The molecule has 3 rings (SSSR count). The first-order valence-corrected chi connectivity index (χ1v) is 10.1. The van der Waals surface area contributed by atoms with Crippen molar-refractivity contribution in [3.63, 3.8) is 0 Å². The summed E-state index contributed by atoms with van der Waals surface area (Å²) in [5, 5.41) is 24.5. The first-order chi connectivity index (χ1) is 15.7. The third kappa shape index (κ3) is 5.52. The number of aromatic carboxylic acids is 1. The third-order valence-corrected chi connectivity index (χ3v) is 4.63. The van der Waals surface area contributed by atoms with Crippen LogP contribution in [0, 0.1) is 4.77 Å². The van der Waals surface area contributed by atoms with E-state index in [0.717, 1.165) is 6.21 Å². The molecular formula is C22H19N4O6S-. The Kier molecular flexibility index (Phi) is 7.04. The van der Waals surface area contributed by atoms with E-state index in [1.54, 1.807) is 24.3 Å². The van der Waals surface area contributed by atoms with Crippen LogP contribution in [0.1, 0.15) is 29.8 Å². The van der Waals surface area contributed by atoms with Crippen molar-refractivity contribution in [3.05, 3.63) is 68.7 Å². The Hall–Kier alpha value is -4.25. The molecule has 1 amide bonds. The molecule has 170 valence electrons. The van der Waals surface area contributed by atoms with Gasteiger partial charge in [-0.05, 0) is 61.6 Å². The van der Waals surface area contributed by atoms with Gasteiger partial charge < -0.3 is 25.1 Å². The number of nitrogens with zero attached hydrogens (tertiary/aromatic N) is 2. The van der Waals surface area contributed by atoms with Crippen LogP contribution in [0.25, 0.3) is 5.69 Å². The lowest BCUT2D eigenvalue weighted by Crippen LogP contribution is -2.22. The average molecular weight is 467 g/mol. The quantitative estimate of drug-likeness (QED) is 0.356. The van der Waals surface area contributed by atoms with Gasteiger partial charge in [-0.2, -0.15) is 0 Å². The molecule has 0 aliphatic heterocycles. The molecule has 3 N–H and O–H groups in total. The van der Waals surface area contributed by atoms with E-state index < -0.39 is 23.3 Å². The van der Waals surface area contributed by atoms with Gasteiger partial charge in [-0.15, -0.1) is 0 Å². The second kappa shape index (κ2) is 9.92. The zero-order chi connectivity index (χ0) is 24.1. The number of hydrogen-bond acceptors (Lipinski definition) is 8. The molecule has 0 aliphatic carbocycles. The van der Waals surface area contributed by atoms with Crippen molar-refractivity contribution in [3.8, 4) is 17.3 Å². The first kappa shape index (κ1) is 23.4. The van der Waals surface area contributed by atoms with Crippen LogP contribution in [0.3, 0.4) is 0 Å². The van der Waals surface area contributed by atoms with Crippen LogP contribution >= 0.6 is 12.2 Å². The van der Waals surface area contributed by atoms with Crippen molar-refractivity contribution < 1.29 is 24.5 Å². The molecule has 10 nitrogen and oxygen atoms in total. The summed E-state index contributed by atoms with van der Waals surface area (Å²) in [6.45, 7) is 3.61. The molecule has 0 fully saturated rings. The minimum absolute atomic E-state index is 0.0364. The number of amides is 1. The minimum atomic E-state index is -1.47. The maximum Gasteiger partial charge on any atom is 0.264 e. The first-order valence-electron chi connectivity index (χ1n) is 9.69. The highest BCUT2D eigenvalue weighted by molar-refractivity contribution is 7.71. The van der Waals surface area contributed by atoms with E-state index in [-0.39, 0.29) is 27.3 Å². The summed E-state index contributed by atoms with van der Waals surface area (Å²) in [6, 6.07) is 10.5. The molecule has 0 atom stereocenters. The molecule has 0 bridgehead atoms. The highest BCUT2D eigenvalue weighted by Crippen LogP contribution is 2.24. The molecule has 0 unspecified atom stereocenters. The van der Waals surface area contributed by atoms with Gasteiger partial charge in [0.1, 0.15) is 11.3 Å². The number of benzene rings is 2. The van der Waals surface area contributed by atoms with Gasteiger partial charge in [0.2, 0.25) is 11.8 Å². The van der Waals surface area contributed by atoms with Crippen LogP contribution in [-0.2, 0) is 4.79 Å². The number of nitrogens with one attached hydrogen (secondary N) is 2. The van der Waals surface area contributed by atoms with E-state index in [1.165, 1.54) is 29.7 Å². The smallest absolute Gasteiger partial charge is 0.264 e. The number of aliphatic imine (C=N–C) groups is 1. The molecule has 11 heteroatoms. The Morgan fingerprint density at radius 2 is 1.97 bits per heavy atom. The van der Waals surface area contributed by atoms with Crippen molar-refractivity contribution in [1.82, 2.24) is 9.55 Å². The summed E-state index contributed by atoms with van der Waals surface area (Å²) in [5.74, 6) is -1.72. The van der Waals surface area contributed by atoms with Crippen LogP contribution in [0.4, 0.5) is 11.4 Å². The summed E-state index contributed by atoms with van der Waals surface area (Å²) in [4.78, 5) is 41.6. The average Bonchev–Trinajstić information content (AvgIpc) is 2.74. The Bertz CT molecular complexity index is 1360. The number of carbonyl (C=O) groups is 2. The number of aromatic amines is 1. The number of hydrogen-bond donors (Lipinski definition) is 3. The fourth-order valence-electron chi connectivity index (χ4n) is 2.97. The third-order valence-electron chi connectivity index (χ3n) is 4.34. The van der Waals surface area contributed by atoms with E-state index in [1.807, 2.05) is 6.92 Å². The summed E-state index contributed by atoms with van der Waals surface area (Å²) in [7, 11) is 0. The Morgan fingerprint density at radius 1 is 1.27 bits per heavy atom. The highest BCUT2D eigenvalue weighted by atomic mass is 32.1. The van der Waals surface area contributed by atoms with Crippen molar-refractivity contribution in [2.24, 2.45) is 4.99 Å². The second-order valence-corrected chi connectivity index (χ2v) is 7.14. The second-order valence-electron chi connectivity index (χ2n) is 6.75. The van der Waals surface area contributed by atoms with Crippen LogP contribution in [0.15, 0.2) is 52.3 Å². The molecular weight excluding hydrogens is 448 g/mol. The number of rotatable bonds is 7. The van der Waals surface area contributed by atoms with Gasteiger partial charge in [-0.25, -0.2) is 0 Å². The van der Waals surface area contributed by atoms with Gasteiger partial charge in [-0.1, -0.05) is 0 Å². The molecule has 0 radical (unpaired) electrons. The van der Waals surface area contributed by atoms with Gasteiger partial charge in [0.15, 0.2) is 4.77 Å². The normalized spacial score (nSPS) is 10.8. The summed E-state index contributed by atoms with van der Waals surface area (Å²) in [6.07, 6.45) is 1.07. The lowest BCUT2D eigenvalue weighted by molar-refractivity contribution is -0.255. The van der Waals surface area contributed by atoms with E-state index in [0.29, 0.717) is 18.0 Å². The largest absolute Gasteiger partial charge is 0.545 e. The van der Waals surface area contributed by atoms with Crippen molar-refractivity contribution in [2.75, 3.05) is 11.9 Å². The fourth-order valence-corrected chi connectivity index (χ4v) is 3.26. The van der Waals surface area contributed by atoms with Crippen LogP contribution in [-0.4, -0.2) is 39.4 Å². The zero-order valence-corrected chi connectivity index (χ0v) is 18.4. The lowest BCUT2D eigenvalue weighted by Gasteiger charge is -2.12. The van der Waals surface area contributed by atoms with Gasteiger partial charge in [0.05, 0.1) is 24.0 Å². The van der Waals surface area contributed by atoms with Crippen LogP contribution < -0.4 is 20.7 Å². The summed E-state index contributed by atoms with van der Waals surface area (Å²) < 4.78 is 6.61. The summed E-state index contributed by atoms with van der Waals surface area (Å²) in [5.41, 5.74) is -0.371. The molecule has 1 heterocycles. The fraction of sp³-hybridized carbons (Fsp3) is 0.136. The predicted molar refractivity (Wildman–Crippen MR) is 122 cm³/mol. The SMILES string of the molecule is CCOc1ccc(-n2c(O)c(C=Nc3cc(NC(C)=O)cc(C(=O)[O-])c3)c(=O)[nH]c2=S)cc1. The summed E-state index contributed by atoms with van der Waals surface area (Å²) >= 11 is 5.19. The number of aromatic hydroxyl groups is 1. The lowest BCUT2D eigenvalue weighted by atomic mass is 10.1. The monoisotopic (exact) mass is 467 g/mol. The molecule has 0 aliphatic rings. The molecule has 0 saturated heterocycles. The maximum absolute atomic E-state index is 12.4. The Labute approximate surface area is 192 Å². The van der Waals surface area contributed by atoms with E-state index >= 15 is 0 Å². The minimum Gasteiger partial charge on any atom is -0.545 e. The molecule has 0 spiro atoms. The van der Waals surface area contributed by atoms with Gasteiger partial charge in [0, 0.05) is 24.4 Å². The Morgan fingerprint density at radius 3 is 2.58 bits per heavy atom. The predicted octanol–water partition coefficient (Wildman–Crippen LogP) is 2.07. The van der Waals surface area contributed by atoms with E-state index in [2.05, 4.69) is 15.3 Å². The van der Waals surface area contributed by atoms with Crippen LogP contribution in [0.5, 0.6) is 11.6 Å². The number of H-pyrrole nitrogens is 1. The number of carboxylic acid groups (broad SMARTS) is 1. The Balaban J connectivity index is 2.06. The van der Waals surface area contributed by atoms with Crippen molar-refractivity contribution in [2.45, 2.75) is 13.8 Å². The number of aromatic nitrogens is 2. The number of ether oxygens (including phenoxy) is 1. The highest BCUT2D eigenvalue weighted by Gasteiger charge is 2.13. The number of carbonyl (C=O) groups excluding carboxylic acids is 2. The van der Waals surface area contributed by atoms with Gasteiger partial charge >= 0.3 is 0 Å². The molecule has 3 aromatic rings. The van der Waals surface area contributed by atoms with Crippen molar-refractivity contribution >= 4 is 41.7 Å².